The summed E-state index contributed by atoms with van der Waals surface area (Å²) in [6, 6.07) is 7.18. The average molecular weight is 277 g/mol. The van der Waals surface area contributed by atoms with Crippen LogP contribution in [0.25, 0.3) is 0 Å². The van der Waals surface area contributed by atoms with Crippen LogP contribution in [-0.4, -0.2) is 23.7 Å². The highest BCUT2D eigenvalue weighted by molar-refractivity contribution is 5.88. The molecule has 2 rings (SSSR count). The van der Waals surface area contributed by atoms with Gasteiger partial charge in [0.1, 0.15) is 12.4 Å². The Hall–Kier alpha value is -1.55. The van der Waals surface area contributed by atoms with Crippen LogP contribution in [0.15, 0.2) is 24.3 Å². The van der Waals surface area contributed by atoms with Crippen LogP contribution in [0, 0.1) is 5.92 Å². The molecule has 1 aliphatic carbocycles. The van der Waals surface area contributed by atoms with Crippen molar-refractivity contribution in [3.05, 3.63) is 24.3 Å². The summed E-state index contributed by atoms with van der Waals surface area (Å²) in [6.07, 6.45) is 5.51. The monoisotopic (exact) mass is 277 g/mol. The molecule has 4 heteroatoms. The van der Waals surface area contributed by atoms with Crippen molar-refractivity contribution in [3.8, 4) is 5.75 Å². The van der Waals surface area contributed by atoms with Gasteiger partial charge in [-0.05, 0) is 36.6 Å². The molecule has 1 fully saturated rings. The maximum Gasteiger partial charge on any atom is 0.221 e. The van der Waals surface area contributed by atoms with Gasteiger partial charge in [0.2, 0.25) is 5.91 Å². The first-order valence-corrected chi connectivity index (χ1v) is 7.32. The molecule has 20 heavy (non-hydrogen) atoms. The number of nitrogens with one attached hydrogen (secondary N) is 1. The Morgan fingerprint density at radius 1 is 1.35 bits per heavy atom. The summed E-state index contributed by atoms with van der Waals surface area (Å²) in [5.41, 5.74) is 0.747. The summed E-state index contributed by atoms with van der Waals surface area (Å²) in [6.45, 7) is 1.81. The van der Waals surface area contributed by atoms with Crippen LogP contribution >= 0.6 is 0 Å². The molecule has 2 N–H and O–H groups in total. The fraction of sp³-hybridized carbons (Fsp3) is 0.562. The molecule has 0 spiro atoms. The second kappa shape index (κ2) is 7.29. The van der Waals surface area contributed by atoms with Crippen molar-refractivity contribution in [1.82, 2.24) is 0 Å². The van der Waals surface area contributed by atoms with Gasteiger partial charge >= 0.3 is 0 Å². The molecular formula is C16H23NO3. The summed E-state index contributed by atoms with van der Waals surface area (Å²) in [7, 11) is 0. The summed E-state index contributed by atoms with van der Waals surface area (Å²) in [4.78, 5) is 10.9. The molecule has 1 atom stereocenters. The molecule has 0 aliphatic heterocycles. The van der Waals surface area contributed by atoms with E-state index in [1.165, 1.54) is 32.6 Å². The van der Waals surface area contributed by atoms with Crippen LogP contribution < -0.4 is 10.1 Å². The van der Waals surface area contributed by atoms with Gasteiger partial charge in [0.15, 0.2) is 0 Å². The smallest absolute Gasteiger partial charge is 0.221 e. The molecule has 0 radical (unpaired) electrons. The molecule has 1 aliphatic rings. The number of aliphatic hydroxyl groups excluding tert-OH is 1. The van der Waals surface area contributed by atoms with E-state index in [1.807, 2.05) is 0 Å². The van der Waals surface area contributed by atoms with Crippen molar-refractivity contribution in [2.45, 2.75) is 45.1 Å². The van der Waals surface area contributed by atoms with E-state index in [2.05, 4.69) is 5.32 Å². The Bertz CT molecular complexity index is 424. The Balaban J connectivity index is 1.73. The maximum absolute atomic E-state index is 10.9. The van der Waals surface area contributed by atoms with E-state index in [1.54, 1.807) is 24.3 Å². The molecule has 110 valence electrons. The number of anilines is 1. The second-order valence-corrected chi connectivity index (χ2v) is 5.56. The Morgan fingerprint density at radius 2 is 2.00 bits per heavy atom. The van der Waals surface area contributed by atoms with Crippen LogP contribution in [0.3, 0.4) is 0 Å². The third-order valence-electron chi connectivity index (χ3n) is 3.70. The summed E-state index contributed by atoms with van der Waals surface area (Å²) < 4.78 is 5.58. The molecule has 0 aromatic heterocycles. The van der Waals surface area contributed by atoms with E-state index >= 15 is 0 Å². The fourth-order valence-electron chi connectivity index (χ4n) is 2.73. The molecule has 0 saturated heterocycles. The zero-order valence-corrected chi connectivity index (χ0v) is 12.0. The quantitative estimate of drug-likeness (QED) is 0.840. The van der Waals surface area contributed by atoms with E-state index in [9.17, 15) is 9.90 Å². The molecule has 0 bridgehead atoms. The van der Waals surface area contributed by atoms with E-state index in [-0.39, 0.29) is 5.91 Å². The zero-order chi connectivity index (χ0) is 14.4. The van der Waals surface area contributed by atoms with Crippen LogP contribution in [0.2, 0.25) is 0 Å². The summed E-state index contributed by atoms with van der Waals surface area (Å²) in [5, 5.41) is 12.7. The molecule has 1 aromatic carbocycles. The topological polar surface area (TPSA) is 58.6 Å². The van der Waals surface area contributed by atoms with Crippen LogP contribution in [-0.2, 0) is 4.79 Å². The minimum absolute atomic E-state index is 0.0920. The Morgan fingerprint density at radius 3 is 2.60 bits per heavy atom. The third-order valence-corrected chi connectivity index (χ3v) is 3.70. The van der Waals surface area contributed by atoms with Gasteiger partial charge < -0.3 is 15.2 Å². The number of aliphatic hydroxyl groups is 1. The number of carbonyl (C=O) groups excluding carboxylic acids is 1. The molecule has 1 saturated carbocycles. The Kier molecular flexibility index (Phi) is 5.41. The van der Waals surface area contributed by atoms with Crippen molar-refractivity contribution < 1.29 is 14.6 Å². The highest BCUT2D eigenvalue weighted by atomic mass is 16.5. The van der Waals surface area contributed by atoms with E-state index in [0.29, 0.717) is 18.3 Å². The normalized spacial score (nSPS) is 16.9. The molecular weight excluding hydrogens is 254 g/mol. The number of ether oxygens (including phenoxy) is 1. The average Bonchev–Trinajstić information content (AvgIpc) is 2.90. The van der Waals surface area contributed by atoms with Crippen molar-refractivity contribution in [1.29, 1.82) is 0 Å². The van der Waals surface area contributed by atoms with Gasteiger partial charge in [0.05, 0.1) is 6.10 Å². The highest BCUT2D eigenvalue weighted by Gasteiger charge is 2.19. The van der Waals surface area contributed by atoms with Gasteiger partial charge in [-0.25, -0.2) is 0 Å². The number of benzene rings is 1. The van der Waals surface area contributed by atoms with Crippen LogP contribution in [0.5, 0.6) is 5.75 Å². The molecule has 1 amide bonds. The van der Waals surface area contributed by atoms with Crippen molar-refractivity contribution in [2.24, 2.45) is 5.92 Å². The predicted octanol–water partition coefficient (Wildman–Crippen LogP) is 2.97. The van der Waals surface area contributed by atoms with Crippen LogP contribution in [0.1, 0.15) is 39.0 Å². The summed E-state index contributed by atoms with van der Waals surface area (Å²) in [5.74, 6) is 1.28. The minimum Gasteiger partial charge on any atom is -0.491 e. The van der Waals surface area contributed by atoms with E-state index in [0.717, 1.165) is 12.1 Å². The zero-order valence-electron chi connectivity index (χ0n) is 12.0. The first kappa shape index (κ1) is 14.9. The van der Waals surface area contributed by atoms with E-state index < -0.39 is 6.10 Å². The summed E-state index contributed by atoms with van der Waals surface area (Å²) >= 11 is 0. The van der Waals surface area contributed by atoms with Crippen molar-refractivity contribution in [2.75, 3.05) is 11.9 Å². The molecule has 1 unspecified atom stereocenters. The number of hydrogen-bond donors (Lipinski definition) is 2. The lowest BCUT2D eigenvalue weighted by molar-refractivity contribution is -0.114. The maximum atomic E-state index is 10.9. The van der Waals surface area contributed by atoms with Gasteiger partial charge in [0, 0.05) is 12.6 Å². The molecule has 1 aromatic rings. The van der Waals surface area contributed by atoms with Gasteiger partial charge in [-0.3, -0.25) is 4.79 Å². The molecule has 0 heterocycles. The number of rotatable bonds is 6. The van der Waals surface area contributed by atoms with E-state index in [4.69, 9.17) is 4.74 Å². The molecule has 4 nitrogen and oxygen atoms in total. The number of carbonyl (C=O) groups is 1. The third kappa shape index (κ3) is 4.85. The van der Waals surface area contributed by atoms with Crippen LogP contribution in [0.4, 0.5) is 5.69 Å². The highest BCUT2D eigenvalue weighted by Crippen LogP contribution is 2.28. The lowest BCUT2D eigenvalue weighted by Gasteiger charge is -2.16. The van der Waals surface area contributed by atoms with Gasteiger partial charge in [0.25, 0.3) is 0 Å². The lowest BCUT2D eigenvalue weighted by atomic mass is 10.0. The van der Waals surface area contributed by atoms with Gasteiger partial charge in [-0.1, -0.05) is 25.7 Å². The van der Waals surface area contributed by atoms with Crippen molar-refractivity contribution >= 4 is 11.6 Å². The predicted molar refractivity (Wildman–Crippen MR) is 78.8 cm³/mol. The second-order valence-electron chi connectivity index (χ2n) is 5.56. The minimum atomic E-state index is -0.395. The first-order chi connectivity index (χ1) is 9.63. The van der Waals surface area contributed by atoms with Gasteiger partial charge in [-0.2, -0.15) is 0 Å². The lowest BCUT2D eigenvalue weighted by Crippen LogP contribution is -2.20. The number of amides is 1. The Labute approximate surface area is 120 Å². The largest absolute Gasteiger partial charge is 0.491 e. The SMILES string of the molecule is CC(=O)Nc1ccc(OCC(O)CC2CCCC2)cc1. The fourth-order valence-corrected chi connectivity index (χ4v) is 2.73. The van der Waals surface area contributed by atoms with Gasteiger partial charge in [-0.15, -0.1) is 0 Å². The standard InChI is InChI=1S/C16H23NO3/c1-12(18)17-14-6-8-16(9-7-14)20-11-15(19)10-13-4-2-3-5-13/h6-9,13,15,19H,2-5,10-11H2,1H3,(H,17,18). The van der Waals surface area contributed by atoms with Crippen molar-refractivity contribution in [3.63, 3.8) is 0 Å². The first-order valence-electron chi connectivity index (χ1n) is 7.32. The number of hydrogen-bond acceptors (Lipinski definition) is 3.